The molecule has 1 amide bonds. The quantitative estimate of drug-likeness (QED) is 0.453. The van der Waals surface area contributed by atoms with Crippen LogP contribution < -0.4 is 14.8 Å². The zero-order valence-corrected chi connectivity index (χ0v) is 17.3. The largest absolute Gasteiger partial charge is 0.497 e. The zero-order chi connectivity index (χ0) is 20.6. The summed E-state index contributed by atoms with van der Waals surface area (Å²) in [6, 6.07) is 15.1. The number of hydrogen-bond donors (Lipinski definition) is 1. The van der Waals surface area contributed by atoms with Crippen LogP contribution in [0, 0.1) is 0 Å². The minimum Gasteiger partial charge on any atom is -0.497 e. The molecule has 0 bridgehead atoms. The molecule has 0 radical (unpaired) electrons. The van der Waals surface area contributed by atoms with Crippen LogP contribution >= 0.6 is 11.8 Å². The smallest absolute Gasteiger partial charge is 0.244 e. The van der Waals surface area contributed by atoms with Gasteiger partial charge in [0.2, 0.25) is 5.91 Å². The Kier molecular flexibility index (Phi) is 6.91. The Morgan fingerprint density at radius 1 is 1.03 bits per heavy atom. The number of carbonyl (C=O) groups excluding carboxylic acids is 1. The summed E-state index contributed by atoms with van der Waals surface area (Å²) in [7, 11) is 3.24. The maximum atomic E-state index is 12.2. The number of benzene rings is 2. The van der Waals surface area contributed by atoms with Crippen molar-refractivity contribution in [3.63, 3.8) is 0 Å². The van der Waals surface area contributed by atoms with E-state index in [9.17, 15) is 4.79 Å². The Balaban J connectivity index is 1.68. The van der Waals surface area contributed by atoms with Crippen molar-refractivity contribution in [1.82, 2.24) is 20.1 Å². The van der Waals surface area contributed by atoms with Gasteiger partial charge >= 0.3 is 0 Å². The number of nitrogens with one attached hydrogen (secondary N) is 1. The van der Waals surface area contributed by atoms with Gasteiger partial charge in [-0.1, -0.05) is 23.9 Å². The third-order valence-electron chi connectivity index (χ3n) is 4.18. The van der Waals surface area contributed by atoms with Gasteiger partial charge in [-0.05, 0) is 54.3 Å². The second-order valence-electron chi connectivity index (χ2n) is 5.96. The van der Waals surface area contributed by atoms with E-state index in [0.717, 1.165) is 27.9 Å². The fourth-order valence-corrected chi connectivity index (χ4v) is 3.17. The first-order valence-electron chi connectivity index (χ1n) is 8.87. The first-order chi connectivity index (χ1) is 14.1. The first-order valence-corrected chi connectivity index (χ1v) is 10.1. The summed E-state index contributed by atoms with van der Waals surface area (Å²) < 4.78 is 12.3. The highest BCUT2D eigenvalue weighted by atomic mass is 32.2. The number of ether oxygens (including phenoxy) is 2. The van der Waals surface area contributed by atoms with Gasteiger partial charge in [0.25, 0.3) is 0 Å². The van der Waals surface area contributed by atoms with Crippen molar-refractivity contribution in [3.8, 4) is 17.2 Å². The number of aromatic nitrogens is 3. The summed E-state index contributed by atoms with van der Waals surface area (Å²) in [4.78, 5) is 12.2. The molecule has 0 aliphatic rings. The Morgan fingerprint density at radius 3 is 2.24 bits per heavy atom. The first kappa shape index (κ1) is 20.5. The summed E-state index contributed by atoms with van der Waals surface area (Å²) in [6.07, 6.45) is 5.17. The average Bonchev–Trinajstić information content (AvgIpc) is 3.19. The second-order valence-corrected chi connectivity index (χ2v) is 6.73. The third kappa shape index (κ3) is 5.17. The highest BCUT2D eigenvalue weighted by molar-refractivity contribution is 7.98. The van der Waals surface area contributed by atoms with Crippen LogP contribution in [0.3, 0.4) is 0 Å². The second kappa shape index (κ2) is 9.79. The van der Waals surface area contributed by atoms with Gasteiger partial charge in [0, 0.05) is 11.8 Å². The molecule has 0 fully saturated rings. The van der Waals surface area contributed by atoms with Crippen molar-refractivity contribution in [1.29, 1.82) is 0 Å². The van der Waals surface area contributed by atoms with Crippen molar-refractivity contribution in [2.45, 2.75) is 11.7 Å². The molecule has 0 saturated heterocycles. The topological polar surface area (TPSA) is 78.3 Å². The van der Waals surface area contributed by atoms with E-state index in [1.165, 1.54) is 17.8 Å². The number of carbonyl (C=O) groups is 1. The van der Waals surface area contributed by atoms with Crippen molar-refractivity contribution < 1.29 is 14.3 Å². The number of rotatable bonds is 8. The van der Waals surface area contributed by atoms with Crippen LogP contribution in [-0.4, -0.2) is 41.1 Å². The highest BCUT2D eigenvalue weighted by Gasteiger charge is 2.13. The van der Waals surface area contributed by atoms with Crippen molar-refractivity contribution in [2.75, 3.05) is 20.5 Å². The van der Waals surface area contributed by atoms with Gasteiger partial charge in [-0.15, -0.1) is 10.2 Å². The van der Waals surface area contributed by atoms with E-state index >= 15 is 0 Å². The average molecular weight is 410 g/mol. The van der Waals surface area contributed by atoms with Crippen LogP contribution in [0.4, 0.5) is 0 Å². The molecule has 0 aliphatic heterocycles. The summed E-state index contributed by atoms with van der Waals surface area (Å²) in [6.45, 7) is 0.255. The lowest BCUT2D eigenvalue weighted by atomic mass is 10.2. The maximum Gasteiger partial charge on any atom is 0.244 e. The highest BCUT2D eigenvalue weighted by Crippen LogP contribution is 2.22. The molecule has 3 aromatic rings. The molecule has 8 heteroatoms. The molecule has 0 unspecified atom stereocenters. The summed E-state index contributed by atoms with van der Waals surface area (Å²) in [5.74, 6) is 1.97. The number of methoxy groups -OCH3 is 2. The van der Waals surface area contributed by atoms with Gasteiger partial charge in [0.15, 0.2) is 11.0 Å². The normalized spacial score (nSPS) is 10.9. The molecule has 3 rings (SSSR count). The zero-order valence-electron chi connectivity index (χ0n) is 16.5. The monoisotopic (exact) mass is 410 g/mol. The minimum absolute atomic E-state index is 0.212. The summed E-state index contributed by atoms with van der Waals surface area (Å²) in [5.41, 5.74) is 1.81. The molecule has 7 nitrogen and oxygen atoms in total. The van der Waals surface area contributed by atoms with E-state index in [2.05, 4.69) is 15.5 Å². The van der Waals surface area contributed by atoms with Crippen molar-refractivity contribution >= 4 is 23.7 Å². The van der Waals surface area contributed by atoms with Gasteiger partial charge in [0.05, 0.1) is 20.8 Å². The van der Waals surface area contributed by atoms with Crippen LogP contribution in [0.2, 0.25) is 0 Å². The Bertz CT molecular complexity index is 982. The predicted octanol–water partition coefficient (Wildman–Crippen LogP) is 3.34. The number of amides is 1. The lowest BCUT2D eigenvalue weighted by Gasteiger charge is -2.10. The van der Waals surface area contributed by atoms with E-state index in [1.807, 2.05) is 59.4 Å². The van der Waals surface area contributed by atoms with E-state index < -0.39 is 0 Å². The Hall–Kier alpha value is -3.26. The molecule has 1 N–H and O–H groups in total. The van der Waals surface area contributed by atoms with Crippen LogP contribution in [0.5, 0.6) is 11.5 Å². The van der Waals surface area contributed by atoms with Crippen LogP contribution in [-0.2, 0) is 11.3 Å². The van der Waals surface area contributed by atoms with Crippen LogP contribution in [0.1, 0.15) is 11.4 Å². The predicted molar refractivity (Wildman–Crippen MR) is 114 cm³/mol. The molecular formula is C21H22N4O3S. The molecule has 2 aromatic carbocycles. The Labute approximate surface area is 173 Å². The van der Waals surface area contributed by atoms with Crippen LogP contribution in [0.15, 0.2) is 59.8 Å². The van der Waals surface area contributed by atoms with Crippen molar-refractivity contribution in [3.05, 3.63) is 66.0 Å². The van der Waals surface area contributed by atoms with Crippen molar-refractivity contribution in [2.24, 2.45) is 0 Å². The molecule has 1 heterocycles. The Morgan fingerprint density at radius 2 is 1.66 bits per heavy atom. The molecule has 29 heavy (non-hydrogen) atoms. The molecule has 1 aromatic heterocycles. The lowest BCUT2D eigenvalue weighted by Crippen LogP contribution is -2.22. The number of thioether (sulfide) groups is 1. The van der Waals surface area contributed by atoms with E-state index in [1.54, 1.807) is 20.3 Å². The van der Waals surface area contributed by atoms with E-state index in [0.29, 0.717) is 5.82 Å². The molecule has 0 saturated carbocycles. The molecule has 0 aliphatic carbocycles. The fraction of sp³-hybridized carbons (Fsp3) is 0.190. The van der Waals surface area contributed by atoms with Gasteiger partial charge in [-0.2, -0.15) is 0 Å². The maximum absolute atomic E-state index is 12.2. The number of hydrogen-bond acceptors (Lipinski definition) is 6. The minimum atomic E-state index is -0.212. The van der Waals surface area contributed by atoms with Gasteiger partial charge < -0.3 is 14.8 Å². The number of nitrogens with zero attached hydrogens (tertiary/aromatic N) is 3. The van der Waals surface area contributed by atoms with E-state index in [4.69, 9.17) is 9.47 Å². The summed E-state index contributed by atoms with van der Waals surface area (Å²) in [5, 5.41) is 12.0. The fourth-order valence-electron chi connectivity index (χ4n) is 2.65. The van der Waals surface area contributed by atoms with Gasteiger partial charge in [0.1, 0.15) is 11.5 Å². The van der Waals surface area contributed by atoms with Gasteiger partial charge in [-0.3, -0.25) is 9.36 Å². The molecule has 0 atom stereocenters. The van der Waals surface area contributed by atoms with E-state index in [-0.39, 0.29) is 12.5 Å². The SMILES string of the molecule is COc1ccc(/C=C/C(=O)NCc2nnc(SC)n2-c2ccc(OC)cc2)cc1. The standard InChI is InChI=1S/C21H22N4O3S/c1-27-17-9-4-15(5-10-17)6-13-20(26)22-14-19-23-24-21(29-3)25(19)16-7-11-18(28-2)12-8-16/h4-13H,14H2,1-3H3,(H,22,26)/b13-6+. The molecule has 150 valence electrons. The molecule has 0 spiro atoms. The third-order valence-corrected chi connectivity index (χ3v) is 4.81. The molecular weight excluding hydrogens is 388 g/mol. The van der Waals surface area contributed by atoms with Crippen LogP contribution in [0.25, 0.3) is 11.8 Å². The lowest BCUT2D eigenvalue weighted by molar-refractivity contribution is -0.116. The van der Waals surface area contributed by atoms with Gasteiger partial charge in [-0.25, -0.2) is 0 Å². The summed E-state index contributed by atoms with van der Waals surface area (Å²) >= 11 is 1.49.